The Morgan fingerprint density at radius 1 is 1.29 bits per heavy atom. The third-order valence-electron chi connectivity index (χ3n) is 4.23. The Hall–Kier alpha value is -1.51. The van der Waals surface area contributed by atoms with E-state index >= 15 is 0 Å². The first-order valence-electron chi connectivity index (χ1n) is 7.99. The van der Waals surface area contributed by atoms with Crippen LogP contribution < -0.4 is 4.74 Å². The van der Waals surface area contributed by atoms with Gasteiger partial charge in [0.2, 0.25) is 0 Å². The summed E-state index contributed by atoms with van der Waals surface area (Å²) in [6.45, 7) is 6.36. The molecule has 3 nitrogen and oxygen atoms in total. The van der Waals surface area contributed by atoms with Crippen LogP contribution in [0.5, 0.6) is 5.75 Å². The highest BCUT2D eigenvalue weighted by molar-refractivity contribution is 5.65. The summed E-state index contributed by atoms with van der Waals surface area (Å²) in [5.41, 5.74) is 1.36. The first kappa shape index (κ1) is 15.9. The number of hydrogen-bond acceptors (Lipinski definition) is 3. The van der Waals surface area contributed by atoms with Crippen molar-refractivity contribution in [1.82, 2.24) is 0 Å². The normalized spacial score (nSPS) is 24.2. The molecule has 3 heteroatoms. The van der Waals surface area contributed by atoms with Crippen LogP contribution in [0.2, 0.25) is 0 Å². The summed E-state index contributed by atoms with van der Waals surface area (Å²) in [7, 11) is 0. The largest absolute Gasteiger partial charge is 0.490 e. The highest BCUT2D eigenvalue weighted by atomic mass is 16.5. The third-order valence-corrected chi connectivity index (χ3v) is 4.23. The van der Waals surface area contributed by atoms with Crippen molar-refractivity contribution in [1.29, 1.82) is 0 Å². The summed E-state index contributed by atoms with van der Waals surface area (Å²) >= 11 is 0. The summed E-state index contributed by atoms with van der Waals surface area (Å²) in [6, 6.07) is 8.43. The predicted octanol–water partition coefficient (Wildman–Crippen LogP) is 4.00. The van der Waals surface area contributed by atoms with Crippen LogP contribution in [0, 0.1) is 11.8 Å². The molecule has 0 amide bonds. The second-order valence-corrected chi connectivity index (χ2v) is 6.08. The van der Waals surface area contributed by atoms with Crippen molar-refractivity contribution >= 4 is 5.97 Å². The van der Waals surface area contributed by atoms with Gasteiger partial charge in [0.05, 0.1) is 6.61 Å². The molecule has 2 unspecified atom stereocenters. The van der Waals surface area contributed by atoms with Gasteiger partial charge in [0.25, 0.3) is 0 Å². The Morgan fingerprint density at radius 2 is 2.00 bits per heavy atom. The van der Waals surface area contributed by atoms with Crippen molar-refractivity contribution in [2.45, 2.75) is 52.6 Å². The van der Waals surface area contributed by atoms with Crippen molar-refractivity contribution in [2.75, 3.05) is 6.61 Å². The number of hydrogen-bond donors (Lipinski definition) is 0. The highest BCUT2D eigenvalue weighted by Gasteiger charge is 2.39. The van der Waals surface area contributed by atoms with Crippen LogP contribution >= 0.6 is 0 Å². The van der Waals surface area contributed by atoms with Crippen LogP contribution in [0.15, 0.2) is 24.3 Å². The molecule has 0 aromatic heterocycles. The number of rotatable bonds is 7. The molecule has 0 saturated heterocycles. The fraction of sp³-hybridized carbons (Fsp3) is 0.611. The van der Waals surface area contributed by atoms with E-state index in [1.165, 1.54) is 12.5 Å². The van der Waals surface area contributed by atoms with E-state index in [-0.39, 0.29) is 12.1 Å². The molecule has 0 radical (unpaired) electrons. The van der Waals surface area contributed by atoms with Gasteiger partial charge in [0.1, 0.15) is 11.9 Å². The van der Waals surface area contributed by atoms with Crippen LogP contribution in [-0.2, 0) is 16.0 Å². The maximum Gasteiger partial charge on any atom is 0.302 e. The van der Waals surface area contributed by atoms with E-state index in [1.807, 2.05) is 0 Å². The van der Waals surface area contributed by atoms with E-state index in [9.17, 15) is 4.79 Å². The molecule has 1 aromatic rings. The molecular formula is C18H26O3. The van der Waals surface area contributed by atoms with Crippen LogP contribution in [0.4, 0.5) is 0 Å². The zero-order valence-electron chi connectivity index (χ0n) is 13.3. The van der Waals surface area contributed by atoms with Crippen molar-refractivity contribution in [2.24, 2.45) is 11.8 Å². The van der Waals surface area contributed by atoms with Crippen LogP contribution in [0.1, 0.15) is 45.6 Å². The molecule has 0 spiro atoms. The van der Waals surface area contributed by atoms with Gasteiger partial charge in [-0.1, -0.05) is 32.4 Å². The average molecular weight is 290 g/mol. The minimum absolute atomic E-state index is 0.202. The Labute approximate surface area is 127 Å². The van der Waals surface area contributed by atoms with Gasteiger partial charge in [-0.05, 0) is 48.8 Å². The molecular weight excluding hydrogens is 264 g/mol. The second-order valence-electron chi connectivity index (χ2n) is 6.08. The number of benzene rings is 1. The van der Waals surface area contributed by atoms with E-state index in [0.29, 0.717) is 18.4 Å². The standard InChI is InChI=1S/C18H26O3/c1-4-5-15-6-8-17(9-7-15)21-18-13(2)12-16(18)10-11-20-14(3)19/h6-9,13,16,18H,4-5,10-12H2,1-3H3/t13?,16?,18-/m0/s1. The quantitative estimate of drug-likeness (QED) is 0.712. The maximum atomic E-state index is 10.8. The number of carbonyl (C=O) groups excluding carboxylic acids is 1. The maximum absolute atomic E-state index is 10.8. The van der Waals surface area contributed by atoms with Gasteiger partial charge in [-0.3, -0.25) is 4.79 Å². The molecule has 1 aromatic carbocycles. The van der Waals surface area contributed by atoms with Crippen molar-refractivity contribution in [3.8, 4) is 5.75 Å². The molecule has 3 atom stereocenters. The topological polar surface area (TPSA) is 35.5 Å². The third kappa shape index (κ3) is 4.48. The molecule has 21 heavy (non-hydrogen) atoms. The molecule has 2 rings (SSSR count). The summed E-state index contributed by atoms with van der Waals surface area (Å²) in [6.07, 6.45) is 4.57. The Balaban J connectivity index is 1.83. The van der Waals surface area contributed by atoms with Gasteiger partial charge in [-0.2, -0.15) is 0 Å². The van der Waals surface area contributed by atoms with E-state index in [4.69, 9.17) is 9.47 Å². The summed E-state index contributed by atoms with van der Waals surface area (Å²) in [4.78, 5) is 10.8. The zero-order valence-corrected chi connectivity index (χ0v) is 13.3. The Kier molecular flexibility index (Phi) is 5.66. The van der Waals surface area contributed by atoms with Crippen LogP contribution in [-0.4, -0.2) is 18.7 Å². The molecule has 0 heterocycles. The van der Waals surface area contributed by atoms with Crippen molar-refractivity contribution in [3.05, 3.63) is 29.8 Å². The minimum atomic E-state index is -0.202. The van der Waals surface area contributed by atoms with Crippen LogP contribution in [0.3, 0.4) is 0 Å². The molecule has 1 aliphatic rings. The SMILES string of the molecule is CCCc1ccc(O[C@H]2C(C)CC2CCOC(C)=O)cc1. The lowest BCUT2D eigenvalue weighted by Gasteiger charge is -2.42. The lowest BCUT2D eigenvalue weighted by Crippen LogP contribution is -2.45. The van der Waals surface area contributed by atoms with Gasteiger partial charge in [0.15, 0.2) is 0 Å². The van der Waals surface area contributed by atoms with Gasteiger partial charge < -0.3 is 9.47 Å². The minimum Gasteiger partial charge on any atom is -0.490 e. The fourth-order valence-corrected chi connectivity index (χ4v) is 3.04. The smallest absolute Gasteiger partial charge is 0.302 e. The first-order chi connectivity index (χ1) is 10.1. The van der Waals surface area contributed by atoms with E-state index < -0.39 is 0 Å². The molecule has 0 bridgehead atoms. The van der Waals surface area contributed by atoms with Gasteiger partial charge in [-0.25, -0.2) is 0 Å². The number of aryl methyl sites for hydroxylation is 1. The molecule has 0 aliphatic heterocycles. The molecule has 116 valence electrons. The Bertz CT molecular complexity index is 452. The predicted molar refractivity (Wildman–Crippen MR) is 83.4 cm³/mol. The lowest BCUT2D eigenvalue weighted by molar-refractivity contribution is -0.142. The van der Waals surface area contributed by atoms with E-state index in [2.05, 4.69) is 38.1 Å². The lowest BCUT2D eigenvalue weighted by atomic mass is 9.71. The number of ether oxygens (including phenoxy) is 2. The molecule has 1 fully saturated rings. The Morgan fingerprint density at radius 3 is 2.57 bits per heavy atom. The van der Waals surface area contributed by atoms with E-state index in [1.54, 1.807) is 0 Å². The number of esters is 1. The highest BCUT2D eigenvalue weighted by Crippen LogP contribution is 2.39. The van der Waals surface area contributed by atoms with Crippen molar-refractivity contribution < 1.29 is 14.3 Å². The number of carbonyl (C=O) groups is 1. The van der Waals surface area contributed by atoms with Crippen LogP contribution in [0.25, 0.3) is 0 Å². The average Bonchev–Trinajstić information content (AvgIpc) is 2.45. The van der Waals surface area contributed by atoms with Crippen molar-refractivity contribution in [3.63, 3.8) is 0 Å². The summed E-state index contributed by atoms with van der Waals surface area (Å²) in [5.74, 6) is 1.81. The van der Waals surface area contributed by atoms with Gasteiger partial charge in [-0.15, -0.1) is 0 Å². The molecule has 1 saturated carbocycles. The summed E-state index contributed by atoms with van der Waals surface area (Å²) < 4.78 is 11.2. The zero-order chi connectivity index (χ0) is 15.2. The first-order valence-corrected chi connectivity index (χ1v) is 7.99. The fourth-order valence-electron chi connectivity index (χ4n) is 3.04. The van der Waals surface area contributed by atoms with Gasteiger partial charge in [0, 0.05) is 6.92 Å². The van der Waals surface area contributed by atoms with E-state index in [0.717, 1.165) is 31.4 Å². The second kappa shape index (κ2) is 7.48. The molecule has 0 N–H and O–H groups in total. The molecule has 1 aliphatic carbocycles. The monoisotopic (exact) mass is 290 g/mol. The van der Waals surface area contributed by atoms with Gasteiger partial charge >= 0.3 is 5.97 Å². The summed E-state index contributed by atoms with van der Waals surface area (Å²) in [5, 5.41) is 0.